The maximum atomic E-state index is 12.2. The number of thiazole rings is 1. The van der Waals surface area contributed by atoms with E-state index >= 15 is 0 Å². The number of nitrogens with zero attached hydrogens (tertiary/aromatic N) is 1. The molecule has 2 rings (SSSR count). The molecule has 9 heteroatoms. The highest BCUT2D eigenvalue weighted by molar-refractivity contribution is 7.81. The molecule has 0 fully saturated rings. The van der Waals surface area contributed by atoms with Gasteiger partial charge < -0.3 is 14.7 Å². The molecule has 166 valence electrons. The summed E-state index contributed by atoms with van der Waals surface area (Å²) in [5, 5.41) is 10.0. The maximum Gasteiger partial charge on any atom is 0.307 e. The Kier molecular flexibility index (Phi) is 10.7. The zero-order chi connectivity index (χ0) is 21.9. The molecule has 2 aromatic rings. The Morgan fingerprint density at radius 3 is 2.63 bits per heavy atom. The number of rotatable bonds is 13. The van der Waals surface area contributed by atoms with Crippen molar-refractivity contribution in [2.24, 2.45) is 0 Å². The minimum absolute atomic E-state index is 0.0684. The molecule has 2 N–H and O–H groups in total. The van der Waals surface area contributed by atoms with Gasteiger partial charge in [0.2, 0.25) is 11.8 Å². The lowest BCUT2D eigenvalue weighted by atomic mass is 10.1. The number of H-pyrrole nitrogens is 1. The fourth-order valence-electron chi connectivity index (χ4n) is 2.93. The van der Waals surface area contributed by atoms with E-state index in [0.29, 0.717) is 36.1 Å². The number of carbonyl (C=O) groups excluding carboxylic acids is 1. The van der Waals surface area contributed by atoms with E-state index in [1.54, 1.807) is 11.9 Å². The molecule has 1 heterocycles. The number of unbranched alkanes of at least 4 members (excludes halogenated alkanes) is 1. The molecule has 0 spiro atoms. The van der Waals surface area contributed by atoms with Gasteiger partial charge in [-0.2, -0.15) is 25.3 Å². The van der Waals surface area contributed by atoms with Crippen LogP contribution in [0.1, 0.15) is 42.5 Å². The largest absolute Gasteiger partial charge is 0.494 e. The van der Waals surface area contributed by atoms with Crippen LogP contribution in [0.5, 0.6) is 11.6 Å². The molecule has 0 aliphatic rings. The number of benzene rings is 1. The van der Waals surface area contributed by atoms with Crippen molar-refractivity contribution >= 4 is 42.5 Å². The normalized spacial score (nSPS) is 12.0. The summed E-state index contributed by atoms with van der Waals surface area (Å²) < 4.78 is 5.73. The molecule has 1 atom stereocenters. The van der Waals surface area contributed by atoms with Gasteiger partial charge in [-0.25, -0.2) is 0 Å². The predicted molar refractivity (Wildman–Crippen MR) is 129 cm³/mol. The fraction of sp³-hybridized carbons (Fsp3) is 0.524. The number of hydrogen-bond acceptors (Lipinski definition) is 7. The molecule has 0 radical (unpaired) electrons. The molecule has 0 aliphatic carbocycles. The van der Waals surface area contributed by atoms with E-state index < -0.39 is 0 Å². The third kappa shape index (κ3) is 8.65. The number of aromatic amines is 1. The van der Waals surface area contributed by atoms with Crippen LogP contribution in [0.25, 0.3) is 0 Å². The number of hydrogen-bond donors (Lipinski definition) is 4. The zero-order valence-corrected chi connectivity index (χ0v) is 19.8. The minimum Gasteiger partial charge on any atom is -0.494 e. The average molecular weight is 471 g/mol. The summed E-state index contributed by atoms with van der Waals surface area (Å²) in [7, 11) is 1.80. The van der Waals surface area contributed by atoms with Crippen molar-refractivity contribution in [1.29, 1.82) is 0 Å². The first kappa shape index (κ1) is 24.7. The van der Waals surface area contributed by atoms with Crippen molar-refractivity contribution in [3.8, 4) is 11.6 Å². The van der Waals surface area contributed by atoms with E-state index in [4.69, 9.17) is 4.74 Å². The minimum atomic E-state index is -0.263. The van der Waals surface area contributed by atoms with E-state index in [1.165, 1.54) is 0 Å². The SMILES string of the molecule is CN(CCOc1ccc(Cc2sc(=O)[nH]c2O)cc1)C(=O)CCCCC(S)CCS. The Balaban J connectivity index is 1.66. The molecule has 1 aromatic carbocycles. The van der Waals surface area contributed by atoms with E-state index in [0.717, 1.165) is 54.1 Å². The second-order valence-electron chi connectivity index (χ2n) is 7.18. The number of carbonyl (C=O) groups is 1. The molecule has 0 saturated heterocycles. The number of ether oxygens (including phenoxy) is 1. The number of nitrogens with one attached hydrogen (secondary N) is 1. The molecule has 0 bridgehead atoms. The molecule has 1 unspecified atom stereocenters. The first-order valence-electron chi connectivity index (χ1n) is 10.0. The van der Waals surface area contributed by atoms with Crippen molar-refractivity contribution in [2.75, 3.05) is 26.0 Å². The van der Waals surface area contributed by atoms with Crippen molar-refractivity contribution in [1.82, 2.24) is 9.88 Å². The fourth-order valence-corrected chi connectivity index (χ4v) is 4.51. The summed E-state index contributed by atoms with van der Waals surface area (Å²) >= 11 is 9.73. The predicted octanol–water partition coefficient (Wildman–Crippen LogP) is 3.75. The third-order valence-corrected chi connectivity index (χ3v) is 6.40. The Morgan fingerprint density at radius 1 is 1.27 bits per heavy atom. The van der Waals surface area contributed by atoms with Gasteiger partial charge in [0, 0.05) is 25.1 Å². The summed E-state index contributed by atoms with van der Waals surface area (Å²) in [5.41, 5.74) is 0.970. The second-order valence-corrected chi connectivity index (χ2v) is 9.43. The highest BCUT2D eigenvalue weighted by atomic mass is 32.1. The molecule has 1 aromatic heterocycles. The number of aromatic hydroxyl groups is 1. The lowest BCUT2D eigenvalue weighted by Crippen LogP contribution is -2.30. The Hall–Kier alpha value is -1.58. The van der Waals surface area contributed by atoms with Crippen molar-refractivity contribution in [3.05, 3.63) is 44.4 Å². The van der Waals surface area contributed by atoms with Gasteiger partial charge in [0.25, 0.3) is 0 Å². The second kappa shape index (κ2) is 13.0. The van der Waals surface area contributed by atoms with Gasteiger partial charge in [-0.05, 0) is 42.7 Å². The number of thiol groups is 2. The third-order valence-electron chi connectivity index (χ3n) is 4.75. The lowest BCUT2D eigenvalue weighted by molar-refractivity contribution is -0.130. The van der Waals surface area contributed by atoms with Gasteiger partial charge in [0.05, 0.1) is 11.4 Å². The summed E-state index contributed by atoms with van der Waals surface area (Å²) in [5.74, 6) is 1.62. The first-order valence-corrected chi connectivity index (χ1v) is 12.0. The lowest BCUT2D eigenvalue weighted by Gasteiger charge is -2.18. The van der Waals surface area contributed by atoms with Gasteiger partial charge in [-0.1, -0.05) is 29.9 Å². The molecule has 6 nitrogen and oxygen atoms in total. The smallest absolute Gasteiger partial charge is 0.307 e. The van der Waals surface area contributed by atoms with E-state index in [1.807, 2.05) is 24.3 Å². The van der Waals surface area contributed by atoms with Crippen LogP contribution in [-0.4, -0.2) is 52.1 Å². The Morgan fingerprint density at radius 2 is 2.00 bits per heavy atom. The van der Waals surface area contributed by atoms with Crippen LogP contribution < -0.4 is 9.61 Å². The van der Waals surface area contributed by atoms with E-state index in [9.17, 15) is 14.7 Å². The summed E-state index contributed by atoms with van der Waals surface area (Å²) in [6.07, 6.45) is 4.92. The van der Waals surface area contributed by atoms with Crippen molar-refractivity contribution in [3.63, 3.8) is 0 Å². The van der Waals surface area contributed by atoms with Gasteiger partial charge in [-0.3, -0.25) is 14.6 Å². The van der Waals surface area contributed by atoms with Crippen LogP contribution in [0.4, 0.5) is 0 Å². The average Bonchev–Trinajstić information content (AvgIpc) is 3.03. The van der Waals surface area contributed by atoms with Crippen LogP contribution in [0.3, 0.4) is 0 Å². The first-order chi connectivity index (χ1) is 14.4. The van der Waals surface area contributed by atoms with Crippen LogP contribution >= 0.6 is 36.6 Å². The molecular formula is C21H30N2O4S3. The van der Waals surface area contributed by atoms with Crippen molar-refractivity contribution in [2.45, 2.75) is 43.8 Å². The summed E-state index contributed by atoms with van der Waals surface area (Å²) in [4.78, 5) is 27.9. The number of likely N-dealkylation sites (N-methyl/N-ethyl adjacent to an activating group) is 1. The van der Waals surface area contributed by atoms with Crippen LogP contribution in [0.15, 0.2) is 29.1 Å². The topological polar surface area (TPSA) is 82.6 Å². The monoisotopic (exact) mass is 470 g/mol. The zero-order valence-electron chi connectivity index (χ0n) is 17.2. The molecular weight excluding hydrogens is 440 g/mol. The van der Waals surface area contributed by atoms with Gasteiger partial charge in [-0.15, -0.1) is 0 Å². The Labute approximate surface area is 192 Å². The van der Waals surface area contributed by atoms with Gasteiger partial charge >= 0.3 is 4.87 Å². The standard InChI is InChI=1S/C21H30N2O4S3/c1-23(19(24)5-3-2-4-17(29)10-13-28)11-12-27-16-8-6-15(7-9-16)14-18-20(25)22-21(26)30-18/h6-9,17,25,28-29H,2-5,10-14H2,1H3,(H,22,26). The van der Waals surface area contributed by atoms with E-state index in [-0.39, 0.29) is 16.7 Å². The summed E-state index contributed by atoms with van der Waals surface area (Å²) in [6.45, 7) is 0.947. The molecule has 1 amide bonds. The van der Waals surface area contributed by atoms with Crippen LogP contribution in [0.2, 0.25) is 0 Å². The summed E-state index contributed by atoms with van der Waals surface area (Å²) in [6, 6.07) is 7.50. The maximum absolute atomic E-state index is 12.2. The number of amides is 1. The van der Waals surface area contributed by atoms with Crippen LogP contribution in [-0.2, 0) is 11.2 Å². The van der Waals surface area contributed by atoms with Gasteiger partial charge in [0.1, 0.15) is 12.4 Å². The highest BCUT2D eigenvalue weighted by Crippen LogP contribution is 2.21. The highest BCUT2D eigenvalue weighted by Gasteiger charge is 2.10. The van der Waals surface area contributed by atoms with Gasteiger partial charge in [0.15, 0.2) is 0 Å². The molecule has 0 saturated carbocycles. The number of aromatic nitrogens is 1. The molecule has 0 aliphatic heterocycles. The van der Waals surface area contributed by atoms with E-state index in [2.05, 4.69) is 30.2 Å². The molecule has 30 heavy (non-hydrogen) atoms. The van der Waals surface area contributed by atoms with Crippen LogP contribution in [0, 0.1) is 0 Å². The quantitative estimate of drug-likeness (QED) is 0.265. The van der Waals surface area contributed by atoms with Crippen molar-refractivity contribution < 1.29 is 14.6 Å². The Bertz CT molecular complexity index is 836.